The minimum absolute atomic E-state index is 0.0212. The number of aromatic nitrogens is 2. The van der Waals surface area contributed by atoms with Gasteiger partial charge in [-0.3, -0.25) is 0 Å². The minimum atomic E-state index is -0.559. The standard InChI is InChI=1S/C25H20N4O4/c1-30-18-11-10-15(13-20(18)31-2)21-17(14-26)24(27)33-25-22(21)23(19-9-6-12-32-19)28-29(25)16-7-4-3-5-8-16/h3-13,21H,27H2,1-2H3. The van der Waals surface area contributed by atoms with Gasteiger partial charge in [0, 0.05) is 0 Å². The zero-order chi connectivity index (χ0) is 22.9. The van der Waals surface area contributed by atoms with Crippen LogP contribution in [0.5, 0.6) is 17.4 Å². The van der Waals surface area contributed by atoms with Crippen molar-refractivity contribution in [3.05, 3.63) is 89.5 Å². The van der Waals surface area contributed by atoms with Crippen molar-refractivity contribution in [2.24, 2.45) is 5.73 Å². The fourth-order valence-electron chi connectivity index (χ4n) is 4.04. The molecule has 1 aliphatic heterocycles. The van der Waals surface area contributed by atoms with Crippen molar-refractivity contribution < 1.29 is 18.6 Å². The number of ether oxygens (including phenoxy) is 3. The highest BCUT2D eigenvalue weighted by molar-refractivity contribution is 5.69. The predicted octanol–water partition coefficient (Wildman–Crippen LogP) is 4.37. The Labute approximate surface area is 190 Å². The van der Waals surface area contributed by atoms with E-state index in [-0.39, 0.29) is 11.5 Å². The molecule has 0 radical (unpaired) electrons. The maximum Gasteiger partial charge on any atom is 0.229 e. The number of hydrogen-bond acceptors (Lipinski definition) is 7. The van der Waals surface area contributed by atoms with Gasteiger partial charge in [0.25, 0.3) is 0 Å². The van der Waals surface area contributed by atoms with E-state index in [0.717, 1.165) is 11.3 Å². The Kier molecular flexibility index (Phi) is 4.99. The van der Waals surface area contributed by atoms with Crippen molar-refractivity contribution in [2.45, 2.75) is 5.92 Å². The Morgan fingerprint density at radius 2 is 1.82 bits per heavy atom. The normalized spacial score (nSPS) is 14.9. The van der Waals surface area contributed by atoms with Gasteiger partial charge in [0.2, 0.25) is 11.8 Å². The SMILES string of the molecule is COc1ccc(C2C(C#N)=C(N)Oc3c2c(-c2ccco2)nn3-c2ccccc2)cc1OC. The van der Waals surface area contributed by atoms with Crippen molar-refractivity contribution in [1.82, 2.24) is 9.78 Å². The number of allylic oxidation sites excluding steroid dienone is 1. The molecule has 5 rings (SSSR count). The molecule has 0 fully saturated rings. The Hall–Kier alpha value is -4.64. The topological polar surface area (TPSA) is 108 Å². The van der Waals surface area contributed by atoms with E-state index in [4.69, 9.17) is 29.5 Å². The lowest BCUT2D eigenvalue weighted by Gasteiger charge is -2.25. The summed E-state index contributed by atoms with van der Waals surface area (Å²) in [5.41, 5.74) is 9.31. The number of methoxy groups -OCH3 is 2. The second kappa shape index (κ2) is 8.13. The first-order valence-corrected chi connectivity index (χ1v) is 10.2. The van der Waals surface area contributed by atoms with Crippen molar-refractivity contribution in [3.8, 4) is 40.6 Å². The summed E-state index contributed by atoms with van der Waals surface area (Å²) in [6.45, 7) is 0. The number of rotatable bonds is 5. The molecule has 1 atom stereocenters. The fraction of sp³-hybridized carbons (Fsp3) is 0.120. The summed E-state index contributed by atoms with van der Waals surface area (Å²) in [5.74, 6) is 1.55. The van der Waals surface area contributed by atoms with Gasteiger partial charge in [-0.1, -0.05) is 24.3 Å². The summed E-state index contributed by atoms with van der Waals surface area (Å²) >= 11 is 0. The molecule has 2 aromatic carbocycles. The van der Waals surface area contributed by atoms with Crippen LogP contribution < -0.4 is 19.9 Å². The van der Waals surface area contributed by atoms with Gasteiger partial charge in [0.1, 0.15) is 17.3 Å². The van der Waals surface area contributed by atoms with Crippen LogP contribution in [-0.2, 0) is 0 Å². The van der Waals surface area contributed by atoms with Crippen LogP contribution in [0.1, 0.15) is 17.0 Å². The van der Waals surface area contributed by atoms with E-state index in [1.165, 1.54) is 0 Å². The number of hydrogen-bond donors (Lipinski definition) is 1. The van der Waals surface area contributed by atoms with E-state index in [1.807, 2.05) is 48.5 Å². The van der Waals surface area contributed by atoms with E-state index >= 15 is 0 Å². The van der Waals surface area contributed by atoms with Crippen LogP contribution in [0.15, 0.2) is 82.8 Å². The monoisotopic (exact) mass is 440 g/mol. The van der Waals surface area contributed by atoms with Crippen molar-refractivity contribution >= 4 is 0 Å². The zero-order valence-electron chi connectivity index (χ0n) is 18.0. The number of nitrogens with two attached hydrogens (primary N) is 1. The molecular formula is C25H20N4O4. The molecule has 0 amide bonds. The van der Waals surface area contributed by atoms with E-state index < -0.39 is 5.92 Å². The Balaban J connectivity index is 1.81. The lowest BCUT2D eigenvalue weighted by molar-refractivity contribution is 0.353. The van der Waals surface area contributed by atoms with Crippen molar-refractivity contribution in [1.29, 1.82) is 5.26 Å². The molecule has 0 aliphatic carbocycles. The third kappa shape index (κ3) is 3.27. The molecule has 33 heavy (non-hydrogen) atoms. The zero-order valence-corrected chi connectivity index (χ0v) is 18.0. The van der Waals surface area contributed by atoms with Gasteiger partial charge in [-0.2, -0.15) is 15.0 Å². The molecule has 1 aliphatic rings. The van der Waals surface area contributed by atoms with Gasteiger partial charge in [-0.15, -0.1) is 0 Å². The Morgan fingerprint density at radius 1 is 1.03 bits per heavy atom. The maximum absolute atomic E-state index is 10.0. The van der Waals surface area contributed by atoms with Crippen LogP contribution in [-0.4, -0.2) is 24.0 Å². The summed E-state index contributed by atoms with van der Waals surface area (Å²) < 4.78 is 24.2. The summed E-state index contributed by atoms with van der Waals surface area (Å²) in [4.78, 5) is 0. The predicted molar refractivity (Wildman–Crippen MR) is 120 cm³/mol. The third-order valence-corrected chi connectivity index (χ3v) is 5.54. The van der Waals surface area contributed by atoms with Crippen molar-refractivity contribution in [3.63, 3.8) is 0 Å². The largest absolute Gasteiger partial charge is 0.493 e. The average molecular weight is 440 g/mol. The summed E-state index contributed by atoms with van der Waals surface area (Å²) in [7, 11) is 3.13. The van der Waals surface area contributed by atoms with E-state index in [0.29, 0.717) is 34.4 Å². The van der Waals surface area contributed by atoms with Gasteiger partial charge < -0.3 is 24.4 Å². The molecule has 0 bridgehead atoms. The Morgan fingerprint density at radius 3 is 2.48 bits per heavy atom. The second-order valence-electron chi connectivity index (χ2n) is 7.33. The highest BCUT2D eigenvalue weighted by Gasteiger charge is 2.38. The molecule has 0 saturated carbocycles. The molecule has 2 N–H and O–H groups in total. The molecule has 3 heterocycles. The number of fused-ring (bicyclic) bond motifs is 1. The molecule has 2 aromatic heterocycles. The first-order chi connectivity index (χ1) is 16.2. The summed E-state index contributed by atoms with van der Waals surface area (Å²) in [5, 5.41) is 14.8. The van der Waals surface area contributed by atoms with Crippen LogP contribution in [0.2, 0.25) is 0 Å². The quantitative estimate of drug-likeness (QED) is 0.491. The van der Waals surface area contributed by atoms with Gasteiger partial charge in [-0.25, -0.2) is 0 Å². The van der Waals surface area contributed by atoms with Crippen LogP contribution in [0.4, 0.5) is 0 Å². The number of nitrogens with zero attached hydrogens (tertiary/aromatic N) is 3. The molecule has 0 saturated heterocycles. The molecule has 8 heteroatoms. The molecule has 0 spiro atoms. The summed E-state index contributed by atoms with van der Waals surface area (Å²) in [6, 6.07) is 20.9. The number of benzene rings is 2. The van der Waals surface area contributed by atoms with Crippen LogP contribution in [0, 0.1) is 11.3 Å². The first kappa shape index (κ1) is 20.3. The highest BCUT2D eigenvalue weighted by atomic mass is 16.5. The molecule has 164 valence electrons. The smallest absolute Gasteiger partial charge is 0.229 e. The molecule has 4 aromatic rings. The van der Waals surface area contributed by atoms with E-state index in [2.05, 4.69) is 6.07 Å². The summed E-state index contributed by atoms with van der Waals surface area (Å²) in [6.07, 6.45) is 1.58. The molecular weight excluding hydrogens is 420 g/mol. The first-order valence-electron chi connectivity index (χ1n) is 10.2. The molecule has 1 unspecified atom stereocenters. The van der Waals surface area contributed by atoms with E-state index in [9.17, 15) is 5.26 Å². The van der Waals surface area contributed by atoms with Crippen LogP contribution in [0.3, 0.4) is 0 Å². The number of para-hydroxylation sites is 1. The van der Waals surface area contributed by atoms with Gasteiger partial charge in [0.15, 0.2) is 17.3 Å². The van der Waals surface area contributed by atoms with E-state index in [1.54, 1.807) is 37.3 Å². The van der Waals surface area contributed by atoms with Crippen molar-refractivity contribution in [2.75, 3.05) is 14.2 Å². The minimum Gasteiger partial charge on any atom is -0.493 e. The maximum atomic E-state index is 10.0. The van der Waals surface area contributed by atoms with Gasteiger partial charge >= 0.3 is 0 Å². The molecule has 8 nitrogen and oxygen atoms in total. The van der Waals surface area contributed by atoms with Gasteiger partial charge in [0.05, 0.1) is 37.7 Å². The van der Waals surface area contributed by atoms with Crippen LogP contribution in [0.25, 0.3) is 17.1 Å². The van der Waals surface area contributed by atoms with Crippen LogP contribution >= 0.6 is 0 Å². The third-order valence-electron chi connectivity index (χ3n) is 5.54. The highest BCUT2D eigenvalue weighted by Crippen LogP contribution is 2.48. The fourth-order valence-corrected chi connectivity index (χ4v) is 4.04. The number of furan rings is 1. The average Bonchev–Trinajstić information content (AvgIpc) is 3.51. The Bertz CT molecular complexity index is 1380. The second-order valence-corrected chi connectivity index (χ2v) is 7.33. The number of nitriles is 1. The lowest BCUT2D eigenvalue weighted by atomic mass is 9.83. The van der Waals surface area contributed by atoms with Gasteiger partial charge in [-0.05, 0) is 42.0 Å². The lowest BCUT2D eigenvalue weighted by Crippen LogP contribution is -2.22.